The van der Waals surface area contributed by atoms with Crippen molar-refractivity contribution < 1.29 is 28.4 Å². The molecule has 0 unspecified atom stereocenters. The van der Waals surface area contributed by atoms with Crippen molar-refractivity contribution in [1.29, 1.82) is 0 Å². The summed E-state index contributed by atoms with van der Waals surface area (Å²) in [5.41, 5.74) is 2.83. The van der Waals surface area contributed by atoms with Crippen LogP contribution in [0, 0.1) is 0 Å². The van der Waals surface area contributed by atoms with Crippen LogP contribution in [0.1, 0.15) is 24.0 Å². The van der Waals surface area contributed by atoms with E-state index in [1.807, 2.05) is 0 Å². The van der Waals surface area contributed by atoms with E-state index < -0.39 is 0 Å². The average molecular weight is 397 g/mol. The lowest BCUT2D eigenvalue weighted by Gasteiger charge is -2.11. The number of rotatable bonds is 0. The molecule has 0 N–H and O–H groups in total. The molecule has 1 aliphatic rings. The summed E-state index contributed by atoms with van der Waals surface area (Å²) in [6.07, 6.45) is 4.13. The molecule has 0 saturated carbocycles. The van der Waals surface area contributed by atoms with Gasteiger partial charge in [-0.3, -0.25) is 0 Å². The number of hydrogen-bond donors (Lipinski definition) is 0. The van der Waals surface area contributed by atoms with Crippen molar-refractivity contribution in [2.24, 2.45) is 0 Å². The Morgan fingerprint density at radius 1 is 0.393 bits per heavy atom. The first-order chi connectivity index (χ1) is 14.0. The van der Waals surface area contributed by atoms with Crippen LogP contribution in [0.2, 0.25) is 0 Å². The highest BCUT2D eigenvalue weighted by atomic mass is 16.6. The summed E-state index contributed by atoms with van der Waals surface area (Å²) >= 11 is 0. The van der Waals surface area contributed by atoms with Crippen molar-refractivity contribution in [1.82, 2.24) is 0 Å². The highest BCUT2D eigenvalue weighted by molar-refractivity contribution is 5.27. The second kappa shape index (κ2) is 16.9. The third kappa shape index (κ3) is 11.7. The van der Waals surface area contributed by atoms with Crippen LogP contribution in [0.5, 0.6) is 0 Å². The highest BCUT2D eigenvalue weighted by Crippen LogP contribution is 2.13. The molecule has 28 heavy (non-hydrogen) atoms. The molecule has 1 aromatic carbocycles. The predicted molar refractivity (Wildman–Crippen MR) is 108 cm³/mol. The molecule has 1 aromatic rings. The van der Waals surface area contributed by atoms with Crippen LogP contribution in [0.3, 0.4) is 0 Å². The minimum Gasteiger partial charge on any atom is -0.379 e. The Morgan fingerprint density at radius 2 is 0.679 bits per heavy atom. The van der Waals surface area contributed by atoms with Crippen LogP contribution in [0.25, 0.3) is 0 Å². The molecule has 1 heterocycles. The SMILES string of the molecule is c1ccc2c(c1)CCCOCCOCCOCCOCCOCCOCCC2. The Labute approximate surface area is 169 Å². The Bertz CT molecular complexity index is 439. The van der Waals surface area contributed by atoms with E-state index >= 15 is 0 Å². The summed E-state index contributed by atoms with van der Waals surface area (Å²) in [5, 5.41) is 0. The van der Waals surface area contributed by atoms with E-state index in [0.29, 0.717) is 66.1 Å². The molecular weight excluding hydrogens is 360 g/mol. The van der Waals surface area contributed by atoms with Crippen LogP contribution in [-0.4, -0.2) is 79.3 Å². The Morgan fingerprint density at radius 3 is 1.00 bits per heavy atom. The quantitative estimate of drug-likeness (QED) is 0.672. The number of benzene rings is 1. The first-order valence-electron chi connectivity index (χ1n) is 10.5. The lowest BCUT2D eigenvalue weighted by molar-refractivity contribution is -0.0169. The van der Waals surface area contributed by atoms with Gasteiger partial charge in [-0.15, -0.1) is 0 Å². The fourth-order valence-electron chi connectivity index (χ4n) is 2.98. The van der Waals surface area contributed by atoms with Gasteiger partial charge in [0.15, 0.2) is 0 Å². The van der Waals surface area contributed by atoms with E-state index in [4.69, 9.17) is 28.4 Å². The molecule has 0 bridgehead atoms. The van der Waals surface area contributed by atoms with Crippen molar-refractivity contribution in [2.75, 3.05) is 79.3 Å². The Hall–Kier alpha value is -1.02. The van der Waals surface area contributed by atoms with Gasteiger partial charge in [-0.25, -0.2) is 0 Å². The molecule has 0 fully saturated rings. The van der Waals surface area contributed by atoms with Gasteiger partial charge in [0, 0.05) is 13.2 Å². The molecule has 6 heteroatoms. The third-order valence-corrected chi connectivity index (χ3v) is 4.45. The first kappa shape index (κ1) is 23.3. The van der Waals surface area contributed by atoms with Gasteiger partial charge in [-0.05, 0) is 36.8 Å². The monoisotopic (exact) mass is 396 g/mol. The maximum absolute atomic E-state index is 5.67. The molecule has 160 valence electrons. The van der Waals surface area contributed by atoms with Gasteiger partial charge in [0.1, 0.15) is 0 Å². The molecule has 0 saturated heterocycles. The fraction of sp³-hybridized carbons (Fsp3) is 0.727. The second-order valence-electron chi connectivity index (χ2n) is 6.65. The van der Waals surface area contributed by atoms with Crippen LogP contribution >= 0.6 is 0 Å². The summed E-state index contributed by atoms with van der Waals surface area (Å²) in [4.78, 5) is 0. The van der Waals surface area contributed by atoms with E-state index in [2.05, 4.69) is 24.3 Å². The molecule has 0 spiro atoms. The summed E-state index contributed by atoms with van der Waals surface area (Å²) in [7, 11) is 0. The molecule has 0 atom stereocenters. The normalized spacial score (nSPS) is 21.3. The lowest BCUT2D eigenvalue weighted by atomic mass is 9.99. The number of aryl methyl sites for hydroxylation is 2. The molecule has 1 aliphatic heterocycles. The average Bonchev–Trinajstić information content (AvgIpc) is 2.72. The maximum atomic E-state index is 5.67. The summed E-state index contributed by atoms with van der Waals surface area (Å²) < 4.78 is 33.3. The zero-order valence-electron chi connectivity index (χ0n) is 17.1. The van der Waals surface area contributed by atoms with Gasteiger partial charge < -0.3 is 28.4 Å². The summed E-state index contributed by atoms with van der Waals surface area (Å²) in [5.74, 6) is 0. The minimum atomic E-state index is 0.574. The molecule has 6 nitrogen and oxygen atoms in total. The Kier molecular flexibility index (Phi) is 14.0. The van der Waals surface area contributed by atoms with E-state index in [1.54, 1.807) is 0 Å². The molecule has 0 amide bonds. The van der Waals surface area contributed by atoms with Gasteiger partial charge in [-0.2, -0.15) is 0 Å². The topological polar surface area (TPSA) is 55.4 Å². The van der Waals surface area contributed by atoms with E-state index in [0.717, 1.165) is 38.9 Å². The predicted octanol–water partition coefficient (Wildman–Crippen LogP) is 2.67. The van der Waals surface area contributed by atoms with Crippen LogP contribution in [0.4, 0.5) is 0 Å². The second-order valence-corrected chi connectivity index (χ2v) is 6.65. The van der Waals surface area contributed by atoms with Crippen molar-refractivity contribution >= 4 is 0 Å². The van der Waals surface area contributed by atoms with Gasteiger partial charge in [0.05, 0.1) is 66.1 Å². The van der Waals surface area contributed by atoms with Crippen LogP contribution < -0.4 is 0 Å². The molecular formula is C22H36O6. The van der Waals surface area contributed by atoms with Gasteiger partial charge >= 0.3 is 0 Å². The molecule has 0 aromatic heterocycles. The summed E-state index contributed by atoms with van der Waals surface area (Å²) in [6, 6.07) is 8.67. The van der Waals surface area contributed by atoms with Crippen molar-refractivity contribution in [2.45, 2.75) is 25.7 Å². The standard InChI is InChI=1S/C22H36O6/c1-2-6-22-8-4-10-24-12-14-26-16-18-28-20-19-27-17-15-25-13-11-23-9-3-7-21(22)5-1/h1-2,5-6H,3-4,7-20H2. The largest absolute Gasteiger partial charge is 0.379 e. The third-order valence-electron chi connectivity index (χ3n) is 4.45. The van der Waals surface area contributed by atoms with E-state index in [1.165, 1.54) is 11.1 Å². The van der Waals surface area contributed by atoms with Crippen molar-refractivity contribution in [3.05, 3.63) is 35.4 Å². The summed E-state index contributed by atoms with van der Waals surface area (Å²) in [6.45, 7) is 7.45. The lowest BCUT2D eigenvalue weighted by Crippen LogP contribution is -2.14. The highest BCUT2D eigenvalue weighted by Gasteiger charge is 2.03. The number of fused-ring (bicyclic) bond motifs is 1. The van der Waals surface area contributed by atoms with Crippen LogP contribution in [0.15, 0.2) is 24.3 Å². The zero-order chi connectivity index (χ0) is 19.5. The molecule has 0 radical (unpaired) electrons. The molecule has 0 aliphatic carbocycles. The first-order valence-corrected chi connectivity index (χ1v) is 10.5. The minimum absolute atomic E-state index is 0.574. The maximum Gasteiger partial charge on any atom is 0.0701 e. The van der Waals surface area contributed by atoms with Gasteiger partial charge in [0.25, 0.3) is 0 Å². The molecule has 2 rings (SSSR count). The van der Waals surface area contributed by atoms with Gasteiger partial charge in [0.2, 0.25) is 0 Å². The zero-order valence-corrected chi connectivity index (χ0v) is 17.1. The van der Waals surface area contributed by atoms with E-state index in [-0.39, 0.29) is 0 Å². The van der Waals surface area contributed by atoms with Crippen LogP contribution in [-0.2, 0) is 41.3 Å². The number of ether oxygens (including phenoxy) is 6. The van der Waals surface area contributed by atoms with E-state index in [9.17, 15) is 0 Å². The smallest absolute Gasteiger partial charge is 0.0701 e. The fourth-order valence-corrected chi connectivity index (χ4v) is 2.98. The van der Waals surface area contributed by atoms with Crippen molar-refractivity contribution in [3.63, 3.8) is 0 Å². The Balaban J connectivity index is 1.68. The number of hydrogen-bond acceptors (Lipinski definition) is 6. The van der Waals surface area contributed by atoms with Crippen molar-refractivity contribution in [3.8, 4) is 0 Å². The van der Waals surface area contributed by atoms with Gasteiger partial charge in [-0.1, -0.05) is 24.3 Å².